The predicted molar refractivity (Wildman–Crippen MR) is 132 cm³/mol. The van der Waals surface area contributed by atoms with Crippen LogP contribution < -0.4 is 10.1 Å². The summed E-state index contributed by atoms with van der Waals surface area (Å²) < 4.78 is 10.7. The number of hydrogen-bond acceptors (Lipinski definition) is 5. The second-order valence-corrected chi connectivity index (χ2v) is 7.81. The Morgan fingerprint density at radius 3 is 2.41 bits per heavy atom. The summed E-state index contributed by atoms with van der Waals surface area (Å²) in [5.74, 6) is -0.598. The quantitative estimate of drug-likeness (QED) is 0.225. The van der Waals surface area contributed by atoms with E-state index < -0.39 is 11.9 Å². The van der Waals surface area contributed by atoms with Gasteiger partial charge in [-0.25, -0.2) is 4.79 Å². The topological polar surface area (TPSA) is 88.4 Å². The largest absolute Gasteiger partial charge is 0.487 e. The van der Waals surface area contributed by atoms with Crippen molar-refractivity contribution in [2.75, 3.05) is 11.9 Å². The Morgan fingerprint density at radius 1 is 1.03 bits per heavy atom. The molecule has 0 saturated heterocycles. The number of ether oxygens (including phenoxy) is 2. The number of halogens is 2. The summed E-state index contributed by atoms with van der Waals surface area (Å²) in [6.45, 7) is 2.23. The van der Waals surface area contributed by atoms with Crippen LogP contribution in [0.2, 0.25) is 10.0 Å². The van der Waals surface area contributed by atoms with Crippen molar-refractivity contribution >= 4 is 46.8 Å². The van der Waals surface area contributed by atoms with Gasteiger partial charge in [0.05, 0.1) is 17.2 Å². The molecule has 0 unspecified atom stereocenters. The molecule has 3 rings (SSSR count). The van der Waals surface area contributed by atoms with Gasteiger partial charge < -0.3 is 14.8 Å². The molecule has 0 bridgehead atoms. The van der Waals surface area contributed by atoms with E-state index in [1.165, 1.54) is 18.2 Å². The predicted octanol–water partition coefficient (Wildman–Crippen LogP) is 6.29. The van der Waals surface area contributed by atoms with E-state index in [1.54, 1.807) is 43.3 Å². The Bertz CT molecular complexity index is 1260. The number of carbonyl (C=O) groups is 2. The molecular weight excluding hydrogens is 475 g/mol. The fraction of sp³-hybridized carbons (Fsp3) is 0.115. The Labute approximate surface area is 207 Å². The Balaban J connectivity index is 1.67. The van der Waals surface area contributed by atoms with Gasteiger partial charge in [-0.3, -0.25) is 4.79 Å². The molecule has 0 fully saturated rings. The molecule has 8 heteroatoms. The van der Waals surface area contributed by atoms with E-state index in [0.29, 0.717) is 32.6 Å². The first-order valence-corrected chi connectivity index (χ1v) is 11.0. The van der Waals surface area contributed by atoms with Gasteiger partial charge in [-0.2, -0.15) is 5.26 Å². The second kappa shape index (κ2) is 11.9. The third-order valence-corrected chi connectivity index (χ3v) is 5.29. The molecule has 0 aliphatic heterocycles. The van der Waals surface area contributed by atoms with E-state index in [4.69, 9.17) is 32.7 Å². The van der Waals surface area contributed by atoms with E-state index in [-0.39, 0.29) is 18.8 Å². The summed E-state index contributed by atoms with van der Waals surface area (Å²) >= 11 is 12.5. The van der Waals surface area contributed by atoms with E-state index in [9.17, 15) is 14.9 Å². The van der Waals surface area contributed by atoms with E-state index in [2.05, 4.69) is 5.32 Å². The normalized spacial score (nSPS) is 10.8. The van der Waals surface area contributed by atoms with Gasteiger partial charge >= 0.3 is 5.97 Å². The standard InChI is InChI=1S/C26H20Cl2N2O4/c1-2-33-26(32)18-8-10-21(11-9-18)30-25(31)20(15-29)13-17-7-12-24(23(28)14-17)34-16-19-5-3-4-6-22(19)27/h3-14H,2,16H2,1H3,(H,30,31)/b20-13+. The lowest BCUT2D eigenvalue weighted by molar-refractivity contribution is -0.112. The van der Waals surface area contributed by atoms with Gasteiger partial charge in [0.15, 0.2) is 0 Å². The average Bonchev–Trinajstić information content (AvgIpc) is 2.83. The maximum absolute atomic E-state index is 12.5. The highest BCUT2D eigenvalue weighted by molar-refractivity contribution is 6.32. The molecule has 3 aromatic carbocycles. The van der Waals surface area contributed by atoms with Crippen molar-refractivity contribution in [1.82, 2.24) is 0 Å². The van der Waals surface area contributed by atoms with Gasteiger partial charge in [0.2, 0.25) is 0 Å². The fourth-order valence-electron chi connectivity index (χ4n) is 2.91. The molecular formula is C26H20Cl2N2O4. The molecule has 0 spiro atoms. The minimum atomic E-state index is -0.596. The van der Waals surface area contributed by atoms with Crippen LogP contribution in [0.1, 0.15) is 28.4 Å². The van der Waals surface area contributed by atoms with E-state index in [0.717, 1.165) is 5.56 Å². The van der Waals surface area contributed by atoms with Crippen molar-refractivity contribution in [3.63, 3.8) is 0 Å². The van der Waals surface area contributed by atoms with Crippen LogP contribution in [-0.4, -0.2) is 18.5 Å². The summed E-state index contributed by atoms with van der Waals surface area (Å²) in [6, 6.07) is 20.3. The van der Waals surface area contributed by atoms with Gasteiger partial charge in [0.1, 0.15) is 24.0 Å². The maximum atomic E-state index is 12.5. The van der Waals surface area contributed by atoms with Crippen LogP contribution >= 0.6 is 23.2 Å². The monoisotopic (exact) mass is 494 g/mol. The summed E-state index contributed by atoms with van der Waals surface area (Å²) in [5, 5.41) is 13.0. The molecule has 0 aliphatic carbocycles. The van der Waals surface area contributed by atoms with Crippen molar-refractivity contribution in [3.05, 3.63) is 99.0 Å². The number of nitriles is 1. The van der Waals surface area contributed by atoms with Crippen LogP contribution in [0.25, 0.3) is 6.08 Å². The fourth-order valence-corrected chi connectivity index (χ4v) is 3.35. The van der Waals surface area contributed by atoms with Crippen molar-refractivity contribution in [2.45, 2.75) is 13.5 Å². The zero-order valence-electron chi connectivity index (χ0n) is 18.2. The number of carbonyl (C=O) groups excluding carboxylic acids is 2. The van der Waals surface area contributed by atoms with Crippen LogP contribution in [0.4, 0.5) is 5.69 Å². The molecule has 172 valence electrons. The second-order valence-electron chi connectivity index (χ2n) is 6.99. The summed E-state index contributed by atoms with van der Waals surface area (Å²) in [6.07, 6.45) is 1.42. The summed E-state index contributed by atoms with van der Waals surface area (Å²) in [4.78, 5) is 24.3. The first-order chi connectivity index (χ1) is 16.4. The van der Waals surface area contributed by atoms with E-state index >= 15 is 0 Å². The third-order valence-electron chi connectivity index (χ3n) is 4.63. The van der Waals surface area contributed by atoms with Gasteiger partial charge in [0.25, 0.3) is 5.91 Å². The third kappa shape index (κ3) is 6.61. The minimum absolute atomic E-state index is 0.115. The van der Waals surface area contributed by atoms with Gasteiger partial charge in [-0.1, -0.05) is 47.5 Å². The lowest BCUT2D eigenvalue weighted by Crippen LogP contribution is -2.13. The molecule has 34 heavy (non-hydrogen) atoms. The van der Waals surface area contributed by atoms with E-state index in [1.807, 2.05) is 24.3 Å². The number of hydrogen-bond donors (Lipinski definition) is 1. The molecule has 0 heterocycles. The zero-order chi connectivity index (χ0) is 24.5. The maximum Gasteiger partial charge on any atom is 0.338 e. The first-order valence-electron chi connectivity index (χ1n) is 10.3. The van der Waals surface area contributed by atoms with Crippen molar-refractivity contribution in [2.24, 2.45) is 0 Å². The lowest BCUT2D eigenvalue weighted by atomic mass is 10.1. The Kier molecular flexibility index (Phi) is 8.69. The number of rotatable bonds is 8. The van der Waals surface area contributed by atoms with Crippen LogP contribution in [0.3, 0.4) is 0 Å². The Morgan fingerprint density at radius 2 is 1.76 bits per heavy atom. The van der Waals surface area contributed by atoms with Crippen molar-refractivity contribution in [3.8, 4) is 11.8 Å². The zero-order valence-corrected chi connectivity index (χ0v) is 19.7. The van der Waals surface area contributed by atoms with Crippen LogP contribution in [0, 0.1) is 11.3 Å². The SMILES string of the molecule is CCOC(=O)c1ccc(NC(=O)/C(C#N)=C/c2ccc(OCc3ccccc3Cl)c(Cl)c2)cc1. The molecule has 0 aromatic heterocycles. The number of benzene rings is 3. The molecule has 0 radical (unpaired) electrons. The molecule has 0 atom stereocenters. The lowest BCUT2D eigenvalue weighted by Gasteiger charge is -2.10. The van der Waals surface area contributed by atoms with Gasteiger partial charge in [-0.15, -0.1) is 0 Å². The highest BCUT2D eigenvalue weighted by Gasteiger charge is 2.12. The molecule has 0 aliphatic rings. The molecule has 1 amide bonds. The number of nitrogens with one attached hydrogen (secondary N) is 1. The van der Waals surface area contributed by atoms with Crippen LogP contribution in [-0.2, 0) is 16.1 Å². The molecule has 6 nitrogen and oxygen atoms in total. The smallest absolute Gasteiger partial charge is 0.338 e. The summed E-state index contributed by atoms with van der Waals surface area (Å²) in [7, 11) is 0. The van der Waals surface area contributed by atoms with Gasteiger partial charge in [0, 0.05) is 16.3 Å². The molecule has 1 N–H and O–H groups in total. The average molecular weight is 495 g/mol. The van der Waals surface area contributed by atoms with Crippen LogP contribution in [0.15, 0.2) is 72.3 Å². The highest BCUT2D eigenvalue weighted by Crippen LogP contribution is 2.28. The highest BCUT2D eigenvalue weighted by atomic mass is 35.5. The number of amides is 1. The number of nitrogens with zero attached hydrogens (tertiary/aromatic N) is 1. The molecule has 0 saturated carbocycles. The first kappa shape index (κ1) is 24.8. The van der Waals surface area contributed by atoms with Gasteiger partial charge in [-0.05, 0) is 61.0 Å². The summed E-state index contributed by atoms with van der Waals surface area (Å²) in [5.41, 5.74) is 2.06. The van der Waals surface area contributed by atoms with Crippen LogP contribution in [0.5, 0.6) is 5.75 Å². The van der Waals surface area contributed by atoms with Crippen molar-refractivity contribution in [1.29, 1.82) is 5.26 Å². The van der Waals surface area contributed by atoms with Crippen molar-refractivity contribution < 1.29 is 19.1 Å². The minimum Gasteiger partial charge on any atom is -0.487 e. The number of esters is 1. The number of anilines is 1. The molecule has 3 aromatic rings. The Hall–Kier alpha value is -3.79.